The summed E-state index contributed by atoms with van der Waals surface area (Å²) in [6.45, 7) is 0. The molecule has 1 saturated carbocycles. The molecular weight excluding hydrogens is 328 g/mol. The normalized spacial score (nSPS) is 14.4. The fourth-order valence-corrected chi connectivity index (χ4v) is 2.29. The van der Waals surface area contributed by atoms with Gasteiger partial charge in [-0.05, 0) is 25.0 Å². The summed E-state index contributed by atoms with van der Waals surface area (Å²) in [5, 5.41) is 3.79. The lowest BCUT2D eigenvalue weighted by atomic mass is 10.1. The number of nitrogens with one attached hydrogen (secondary N) is 1. The first-order chi connectivity index (χ1) is 9.13. The van der Waals surface area contributed by atoms with Crippen molar-refractivity contribution in [1.29, 1.82) is 0 Å². The van der Waals surface area contributed by atoms with Gasteiger partial charge in [-0.15, -0.1) is 0 Å². The molecule has 1 aromatic heterocycles. The highest BCUT2D eigenvalue weighted by molar-refractivity contribution is 9.10. The summed E-state index contributed by atoms with van der Waals surface area (Å²) in [5.74, 6) is 0.847. The van der Waals surface area contributed by atoms with E-state index < -0.39 is 0 Å². The Morgan fingerprint density at radius 1 is 1.21 bits per heavy atom. The third kappa shape index (κ3) is 2.82. The minimum Gasteiger partial charge on any atom is -0.368 e. The lowest BCUT2D eigenvalue weighted by Gasteiger charge is -2.11. The van der Waals surface area contributed by atoms with E-state index in [1.54, 1.807) is 0 Å². The van der Waals surface area contributed by atoms with Crippen LogP contribution in [0.25, 0.3) is 11.3 Å². The number of hydrogen-bond acceptors (Lipinski definition) is 4. The number of anilines is 2. The average Bonchev–Trinajstić information content (AvgIpc) is 3.18. The molecule has 1 heterocycles. The second kappa shape index (κ2) is 4.98. The molecule has 1 aromatic carbocycles. The van der Waals surface area contributed by atoms with Crippen LogP contribution in [0.1, 0.15) is 12.8 Å². The summed E-state index contributed by atoms with van der Waals surface area (Å²) in [6, 6.07) is 8.23. The van der Waals surface area contributed by atoms with Crippen LogP contribution in [0.3, 0.4) is 0 Å². The van der Waals surface area contributed by atoms with Crippen molar-refractivity contribution in [1.82, 2.24) is 9.97 Å². The third-order valence-corrected chi connectivity index (χ3v) is 3.79. The SMILES string of the molecule is Nc1nc(NC2CC2)c(Cl)c(-c2ccc(Br)cc2)n1. The quantitative estimate of drug-likeness (QED) is 0.894. The molecule has 3 N–H and O–H groups in total. The van der Waals surface area contributed by atoms with Gasteiger partial charge in [-0.25, -0.2) is 4.98 Å². The van der Waals surface area contributed by atoms with Crippen LogP contribution in [-0.4, -0.2) is 16.0 Å². The molecular formula is C13H12BrClN4. The van der Waals surface area contributed by atoms with Crippen molar-refractivity contribution < 1.29 is 0 Å². The molecule has 3 rings (SSSR count). The molecule has 0 radical (unpaired) electrons. The molecule has 98 valence electrons. The van der Waals surface area contributed by atoms with E-state index in [-0.39, 0.29) is 5.95 Å². The van der Waals surface area contributed by atoms with Crippen LogP contribution in [0, 0.1) is 0 Å². The van der Waals surface area contributed by atoms with Gasteiger partial charge in [0, 0.05) is 16.1 Å². The molecule has 1 aliphatic rings. The van der Waals surface area contributed by atoms with E-state index >= 15 is 0 Å². The molecule has 4 nitrogen and oxygen atoms in total. The highest BCUT2D eigenvalue weighted by Crippen LogP contribution is 2.34. The van der Waals surface area contributed by atoms with E-state index in [1.807, 2.05) is 24.3 Å². The molecule has 0 amide bonds. The highest BCUT2D eigenvalue weighted by atomic mass is 79.9. The van der Waals surface area contributed by atoms with E-state index in [0.717, 1.165) is 22.9 Å². The Bertz CT molecular complexity index is 611. The monoisotopic (exact) mass is 338 g/mol. The summed E-state index contributed by atoms with van der Waals surface area (Å²) in [5.41, 5.74) is 7.34. The molecule has 1 fully saturated rings. The zero-order valence-electron chi connectivity index (χ0n) is 10.0. The van der Waals surface area contributed by atoms with Gasteiger partial charge in [0.25, 0.3) is 0 Å². The number of aromatic nitrogens is 2. The van der Waals surface area contributed by atoms with Crippen molar-refractivity contribution in [2.24, 2.45) is 0 Å². The number of rotatable bonds is 3. The second-order valence-electron chi connectivity index (χ2n) is 4.52. The van der Waals surface area contributed by atoms with Gasteiger partial charge in [0.05, 0.1) is 5.69 Å². The van der Waals surface area contributed by atoms with E-state index in [0.29, 0.717) is 22.6 Å². The maximum Gasteiger partial charge on any atom is 0.222 e. The summed E-state index contributed by atoms with van der Waals surface area (Å²) >= 11 is 9.78. The Labute approximate surface area is 124 Å². The van der Waals surface area contributed by atoms with Crippen LogP contribution in [0.4, 0.5) is 11.8 Å². The van der Waals surface area contributed by atoms with E-state index in [1.165, 1.54) is 0 Å². The van der Waals surface area contributed by atoms with Crippen molar-refractivity contribution in [3.8, 4) is 11.3 Å². The number of benzene rings is 1. The van der Waals surface area contributed by atoms with Gasteiger partial charge < -0.3 is 11.1 Å². The first kappa shape index (κ1) is 12.7. The standard InChI is InChI=1S/C13H12BrClN4/c14-8-3-1-7(2-4-8)11-10(15)12(17-9-5-6-9)19-13(16)18-11/h1-4,9H,5-6H2,(H3,16,17,18,19). The topological polar surface area (TPSA) is 63.8 Å². The van der Waals surface area contributed by atoms with Crippen molar-refractivity contribution in [2.45, 2.75) is 18.9 Å². The molecule has 0 atom stereocenters. The van der Waals surface area contributed by atoms with Crippen molar-refractivity contribution in [3.05, 3.63) is 33.8 Å². The summed E-state index contributed by atoms with van der Waals surface area (Å²) in [4.78, 5) is 8.41. The fourth-order valence-electron chi connectivity index (χ4n) is 1.78. The number of nitrogens with two attached hydrogens (primary N) is 1. The van der Waals surface area contributed by atoms with Crippen LogP contribution < -0.4 is 11.1 Å². The Morgan fingerprint density at radius 2 is 1.89 bits per heavy atom. The summed E-state index contributed by atoms with van der Waals surface area (Å²) in [7, 11) is 0. The molecule has 1 aliphatic carbocycles. The van der Waals surface area contributed by atoms with Gasteiger partial charge in [0.2, 0.25) is 5.95 Å². The van der Waals surface area contributed by atoms with Crippen molar-refractivity contribution >= 4 is 39.3 Å². The highest BCUT2D eigenvalue weighted by Gasteiger charge is 2.24. The Balaban J connectivity index is 2.04. The first-order valence-electron chi connectivity index (χ1n) is 5.99. The first-order valence-corrected chi connectivity index (χ1v) is 7.16. The molecule has 0 spiro atoms. The Morgan fingerprint density at radius 3 is 2.53 bits per heavy atom. The van der Waals surface area contributed by atoms with E-state index in [4.69, 9.17) is 17.3 Å². The second-order valence-corrected chi connectivity index (χ2v) is 5.81. The van der Waals surface area contributed by atoms with Gasteiger partial charge in [0.15, 0.2) is 5.82 Å². The van der Waals surface area contributed by atoms with Gasteiger partial charge in [-0.2, -0.15) is 4.98 Å². The Kier molecular flexibility index (Phi) is 3.33. The average molecular weight is 340 g/mol. The summed E-state index contributed by atoms with van der Waals surface area (Å²) < 4.78 is 1.01. The van der Waals surface area contributed by atoms with Crippen molar-refractivity contribution in [2.75, 3.05) is 11.1 Å². The largest absolute Gasteiger partial charge is 0.368 e. The van der Waals surface area contributed by atoms with Crippen LogP contribution in [0.15, 0.2) is 28.7 Å². The summed E-state index contributed by atoms with van der Waals surface area (Å²) in [6.07, 6.45) is 2.29. The Hall–Kier alpha value is -1.33. The molecule has 0 saturated heterocycles. The van der Waals surface area contributed by atoms with Gasteiger partial charge in [-0.1, -0.05) is 39.7 Å². The van der Waals surface area contributed by atoms with Gasteiger partial charge in [-0.3, -0.25) is 0 Å². The van der Waals surface area contributed by atoms with E-state index in [9.17, 15) is 0 Å². The zero-order chi connectivity index (χ0) is 13.4. The smallest absolute Gasteiger partial charge is 0.222 e. The maximum absolute atomic E-state index is 6.37. The predicted octanol–water partition coefficient (Wildman–Crippen LogP) is 3.72. The fraction of sp³-hybridized carbons (Fsp3) is 0.231. The molecule has 0 aliphatic heterocycles. The minimum atomic E-state index is 0.227. The molecule has 19 heavy (non-hydrogen) atoms. The molecule has 0 unspecified atom stereocenters. The number of nitrogen functional groups attached to an aromatic ring is 1. The number of halogens is 2. The minimum absolute atomic E-state index is 0.227. The predicted molar refractivity (Wildman–Crippen MR) is 81.2 cm³/mol. The van der Waals surface area contributed by atoms with E-state index in [2.05, 4.69) is 31.2 Å². The maximum atomic E-state index is 6.37. The molecule has 0 bridgehead atoms. The van der Waals surface area contributed by atoms with Crippen LogP contribution in [0.2, 0.25) is 5.02 Å². The van der Waals surface area contributed by atoms with Gasteiger partial charge in [0.1, 0.15) is 5.02 Å². The number of nitrogens with zero attached hydrogens (tertiary/aromatic N) is 2. The van der Waals surface area contributed by atoms with Crippen LogP contribution >= 0.6 is 27.5 Å². The van der Waals surface area contributed by atoms with Crippen molar-refractivity contribution in [3.63, 3.8) is 0 Å². The lowest BCUT2D eigenvalue weighted by molar-refractivity contribution is 1.09. The molecule has 2 aromatic rings. The van der Waals surface area contributed by atoms with Crippen LogP contribution in [-0.2, 0) is 0 Å². The lowest BCUT2D eigenvalue weighted by Crippen LogP contribution is -2.07. The van der Waals surface area contributed by atoms with Crippen LogP contribution in [0.5, 0.6) is 0 Å². The third-order valence-electron chi connectivity index (χ3n) is 2.90. The van der Waals surface area contributed by atoms with Gasteiger partial charge >= 0.3 is 0 Å². The molecule has 6 heteroatoms. The zero-order valence-corrected chi connectivity index (χ0v) is 12.4. The number of hydrogen-bond donors (Lipinski definition) is 2.